The molecular formula is C14H18ClN3S. The third-order valence-electron chi connectivity index (χ3n) is 4.06. The number of fused-ring (bicyclic) bond motifs is 1. The van der Waals surface area contributed by atoms with Crippen LogP contribution in [0.4, 0.5) is 5.82 Å². The van der Waals surface area contributed by atoms with Crippen LogP contribution in [0.25, 0.3) is 10.2 Å². The van der Waals surface area contributed by atoms with Crippen LogP contribution < -0.4 is 5.32 Å². The molecule has 1 aliphatic carbocycles. The highest BCUT2D eigenvalue weighted by Gasteiger charge is 2.21. The quantitative estimate of drug-likeness (QED) is 0.832. The highest BCUT2D eigenvalue weighted by atomic mass is 35.5. The van der Waals surface area contributed by atoms with Crippen molar-refractivity contribution in [3.63, 3.8) is 0 Å². The Morgan fingerprint density at radius 1 is 1.32 bits per heavy atom. The van der Waals surface area contributed by atoms with E-state index in [0.717, 1.165) is 22.0 Å². The van der Waals surface area contributed by atoms with E-state index in [1.54, 1.807) is 11.3 Å². The molecule has 1 saturated carbocycles. The molecule has 1 N–H and O–H groups in total. The third-order valence-corrected chi connectivity index (χ3v) is 5.04. The number of nitrogens with zero attached hydrogens (tertiary/aromatic N) is 2. The van der Waals surface area contributed by atoms with Gasteiger partial charge in [-0.2, -0.15) is 0 Å². The fourth-order valence-electron chi connectivity index (χ4n) is 2.85. The number of hydrogen-bond acceptors (Lipinski definition) is 4. The van der Waals surface area contributed by atoms with Gasteiger partial charge in [-0.05, 0) is 54.6 Å². The summed E-state index contributed by atoms with van der Waals surface area (Å²) in [6.07, 6.45) is 6.40. The van der Waals surface area contributed by atoms with Crippen molar-refractivity contribution in [3.8, 4) is 0 Å². The Morgan fingerprint density at radius 3 is 2.84 bits per heavy atom. The van der Waals surface area contributed by atoms with Gasteiger partial charge in [0.05, 0.1) is 5.39 Å². The zero-order valence-electron chi connectivity index (χ0n) is 11.0. The molecule has 3 nitrogen and oxygen atoms in total. The summed E-state index contributed by atoms with van der Waals surface area (Å²) >= 11 is 7.59. The van der Waals surface area contributed by atoms with Crippen LogP contribution in [-0.4, -0.2) is 16.0 Å². The Hall–Kier alpha value is -0.870. The lowest BCUT2D eigenvalue weighted by molar-refractivity contribution is 0.330. The van der Waals surface area contributed by atoms with Crippen molar-refractivity contribution >= 4 is 39.0 Å². The lowest BCUT2D eigenvalue weighted by atomic mass is 9.84. The molecule has 0 aliphatic heterocycles. The normalized spacial score (nSPS) is 23.7. The molecule has 2 heterocycles. The standard InChI is InChI=1S/C14H18ClN3S/c1-2-9-3-5-10(6-4-9)16-12-11-7-8-19-13(11)18-14(15)17-12/h7-10H,2-6H2,1H3,(H,16,17,18). The molecule has 2 aromatic heterocycles. The van der Waals surface area contributed by atoms with Gasteiger partial charge in [-0.15, -0.1) is 11.3 Å². The van der Waals surface area contributed by atoms with Crippen LogP contribution in [0.3, 0.4) is 0 Å². The van der Waals surface area contributed by atoms with Gasteiger partial charge in [0.1, 0.15) is 10.6 Å². The molecule has 0 saturated heterocycles. The molecule has 0 bridgehead atoms. The van der Waals surface area contributed by atoms with E-state index in [2.05, 4.69) is 28.3 Å². The number of nitrogens with one attached hydrogen (secondary N) is 1. The van der Waals surface area contributed by atoms with E-state index in [4.69, 9.17) is 11.6 Å². The van der Waals surface area contributed by atoms with Gasteiger partial charge in [-0.1, -0.05) is 13.3 Å². The summed E-state index contributed by atoms with van der Waals surface area (Å²) in [5.74, 6) is 1.81. The molecule has 0 unspecified atom stereocenters. The van der Waals surface area contributed by atoms with Gasteiger partial charge in [0.2, 0.25) is 5.28 Å². The molecule has 0 atom stereocenters. The molecule has 1 aliphatic rings. The summed E-state index contributed by atoms with van der Waals surface area (Å²) in [5.41, 5.74) is 0. The van der Waals surface area contributed by atoms with E-state index in [9.17, 15) is 0 Å². The largest absolute Gasteiger partial charge is 0.367 e. The Labute approximate surface area is 122 Å². The minimum absolute atomic E-state index is 0.333. The van der Waals surface area contributed by atoms with E-state index in [1.807, 2.05) is 5.38 Å². The average Bonchev–Trinajstić information content (AvgIpc) is 2.88. The van der Waals surface area contributed by atoms with Crippen molar-refractivity contribution in [2.24, 2.45) is 5.92 Å². The lowest BCUT2D eigenvalue weighted by Crippen LogP contribution is -2.26. The van der Waals surface area contributed by atoms with E-state index < -0.39 is 0 Å². The fraction of sp³-hybridized carbons (Fsp3) is 0.571. The predicted molar refractivity (Wildman–Crippen MR) is 82.1 cm³/mol. The monoisotopic (exact) mass is 295 g/mol. The zero-order chi connectivity index (χ0) is 13.2. The van der Waals surface area contributed by atoms with Gasteiger partial charge < -0.3 is 5.32 Å². The Kier molecular flexibility index (Phi) is 3.89. The maximum Gasteiger partial charge on any atom is 0.225 e. The highest BCUT2D eigenvalue weighted by Crippen LogP contribution is 2.31. The molecule has 0 spiro atoms. The number of thiophene rings is 1. The molecule has 19 heavy (non-hydrogen) atoms. The van der Waals surface area contributed by atoms with Crippen molar-refractivity contribution in [2.45, 2.75) is 45.1 Å². The fourth-order valence-corrected chi connectivity index (χ4v) is 3.83. The SMILES string of the molecule is CCC1CCC(Nc2nc(Cl)nc3sccc23)CC1. The first-order valence-electron chi connectivity index (χ1n) is 6.93. The summed E-state index contributed by atoms with van der Waals surface area (Å²) in [6.45, 7) is 2.29. The van der Waals surface area contributed by atoms with Crippen LogP contribution in [0.1, 0.15) is 39.0 Å². The summed E-state index contributed by atoms with van der Waals surface area (Å²) < 4.78 is 0. The van der Waals surface area contributed by atoms with Crippen molar-refractivity contribution in [2.75, 3.05) is 5.32 Å². The number of anilines is 1. The summed E-state index contributed by atoms with van der Waals surface area (Å²) in [5, 5.41) is 7.03. The summed E-state index contributed by atoms with van der Waals surface area (Å²) in [7, 11) is 0. The molecule has 0 radical (unpaired) electrons. The first-order chi connectivity index (χ1) is 9.26. The van der Waals surface area contributed by atoms with Crippen molar-refractivity contribution in [1.29, 1.82) is 0 Å². The Morgan fingerprint density at radius 2 is 2.11 bits per heavy atom. The number of hydrogen-bond donors (Lipinski definition) is 1. The second kappa shape index (κ2) is 5.63. The summed E-state index contributed by atoms with van der Waals surface area (Å²) in [4.78, 5) is 9.57. The van der Waals surface area contributed by atoms with Gasteiger partial charge in [0.15, 0.2) is 0 Å². The first kappa shape index (κ1) is 13.1. The minimum Gasteiger partial charge on any atom is -0.367 e. The van der Waals surface area contributed by atoms with Crippen molar-refractivity contribution in [1.82, 2.24) is 9.97 Å². The molecule has 0 amide bonds. The molecular weight excluding hydrogens is 278 g/mol. The van der Waals surface area contributed by atoms with Crippen LogP contribution in [-0.2, 0) is 0 Å². The zero-order valence-corrected chi connectivity index (χ0v) is 12.6. The third kappa shape index (κ3) is 2.84. The van der Waals surface area contributed by atoms with E-state index in [1.165, 1.54) is 32.1 Å². The molecule has 2 aromatic rings. The summed E-state index contributed by atoms with van der Waals surface area (Å²) in [6, 6.07) is 2.59. The Bertz CT molecular complexity index is 561. The van der Waals surface area contributed by atoms with Crippen molar-refractivity contribution < 1.29 is 0 Å². The number of aromatic nitrogens is 2. The van der Waals surface area contributed by atoms with Crippen LogP contribution in [0.15, 0.2) is 11.4 Å². The van der Waals surface area contributed by atoms with E-state index >= 15 is 0 Å². The van der Waals surface area contributed by atoms with Crippen LogP contribution >= 0.6 is 22.9 Å². The van der Waals surface area contributed by atoms with Crippen LogP contribution in [0.2, 0.25) is 5.28 Å². The second-order valence-electron chi connectivity index (χ2n) is 5.25. The Balaban J connectivity index is 1.76. The minimum atomic E-state index is 0.333. The van der Waals surface area contributed by atoms with Gasteiger partial charge in [-0.3, -0.25) is 0 Å². The van der Waals surface area contributed by atoms with Crippen LogP contribution in [0.5, 0.6) is 0 Å². The molecule has 1 fully saturated rings. The van der Waals surface area contributed by atoms with E-state index in [0.29, 0.717) is 11.3 Å². The number of rotatable bonds is 3. The first-order valence-corrected chi connectivity index (χ1v) is 8.19. The average molecular weight is 296 g/mol. The topological polar surface area (TPSA) is 37.8 Å². The second-order valence-corrected chi connectivity index (χ2v) is 6.48. The molecule has 5 heteroatoms. The molecule has 0 aromatic carbocycles. The maximum absolute atomic E-state index is 5.99. The maximum atomic E-state index is 5.99. The predicted octanol–water partition coefficient (Wildman–Crippen LogP) is 4.73. The van der Waals surface area contributed by atoms with Gasteiger partial charge in [-0.25, -0.2) is 9.97 Å². The van der Waals surface area contributed by atoms with Gasteiger partial charge >= 0.3 is 0 Å². The van der Waals surface area contributed by atoms with Crippen LogP contribution in [0, 0.1) is 5.92 Å². The smallest absolute Gasteiger partial charge is 0.225 e. The van der Waals surface area contributed by atoms with Crippen molar-refractivity contribution in [3.05, 3.63) is 16.7 Å². The highest BCUT2D eigenvalue weighted by molar-refractivity contribution is 7.16. The lowest BCUT2D eigenvalue weighted by Gasteiger charge is -2.28. The molecule has 102 valence electrons. The number of halogens is 1. The van der Waals surface area contributed by atoms with Gasteiger partial charge in [0.25, 0.3) is 0 Å². The van der Waals surface area contributed by atoms with Gasteiger partial charge in [0, 0.05) is 6.04 Å². The molecule has 3 rings (SSSR count). The van der Waals surface area contributed by atoms with E-state index in [-0.39, 0.29) is 0 Å².